The van der Waals surface area contributed by atoms with Crippen LogP contribution in [0.15, 0.2) is 10.2 Å². The minimum atomic E-state index is -0.345. The van der Waals surface area contributed by atoms with Crippen LogP contribution in [0.2, 0.25) is 0 Å². The van der Waals surface area contributed by atoms with Gasteiger partial charge in [-0.25, -0.2) is 0 Å². The highest BCUT2D eigenvalue weighted by Crippen LogP contribution is 2.24. The molecule has 2 N–H and O–H groups in total. The van der Waals surface area contributed by atoms with E-state index in [1.165, 1.54) is 0 Å². The number of nitrogens with zero attached hydrogens (tertiary/aromatic N) is 2. The Morgan fingerprint density at radius 1 is 0.769 bits per heavy atom. The third-order valence-corrected chi connectivity index (χ3v) is 2.18. The van der Waals surface area contributed by atoms with Gasteiger partial charge in [0.1, 0.15) is 0 Å². The maximum absolute atomic E-state index is 5.99. The van der Waals surface area contributed by atoms with Gasteiger partial charge in [0.05, 0.1) is 11.1 Å². The molecule has 0 rings (SSSR count). The van der Waals surface area contributed by atoms with Crippen LogP contribution >= 0.6 is 0 Å². The molecule has 0 saturated heterocycles. The molecule has 0 radical (unpaired) electrons. The zero-order valence-electron chi connectivity index (χ0n) is 9.97. The average molecular weight is 185 g/mol. The number of hydrogen-bond acceptors (Lipinski definition) is 3. The Labute approximate surface area is 81.8 Å². The van der Waals surface area contributed by atoms with Crippen LogP contribution in [-0.4, -0.2) is 16.6 Å². The Morgan fingerprint density at radius 3 is 1.38 bits per heavy atom. The normalized spacial score (nSPS) is 15.4. The lowest BCUT2D eigenvalue weighted by Gasteiger charge is -2.34. The summed E-state index contributed by atoms with van der Waals surface area (Å²) in [6.07, 6.45) is 0. The van der Waals surface area contributed by atoms with Gasteiger partial charge in [-0.3, -0.25) is 0 Å². The lowest BCUT2D eigenvalue weighted by Crippen LogP contribution is -2.51. The maximum Gasteiger partial charge on any atom is 0.0933 e. The highest BCUT2D eigenvalue weighted by molar-refractivity contribution is 4.96. The SMILES string of the molecule is CC(C)(C)N=NC(C)(C)C(C)(C)N. The van der Waals surface area contributed by atoms with Crippen LogP contribution in [0.5, 0.6) is 0 Å². The van der Waals surface area contributed by atoms with Crippen LogP contribution in [0.1, 0.15) is 48.5 Å². The van der Waals surface area contributed by atoms with Crippen LogP contribution in [0, 0.1) is 0 Å². The molecular weight excluding hydrogens is 162 g/mol. The van der Waals surface area contributed by atoms with E-state index in [0.717, 1.165) is 0 Å². The van der Waals surface area contributed by atoms with Gasteiger partial charge in [0.2, 0.25) is 0 Å². The smallest absolute Gasteiger partial charge is 0.0933 e. The lowest BCUT2D eigenvalue weighted by atomic mass is 9.84. The molecule has 78 valence electrons. The van der Waals surface area contributed by atoms with E-state index in [1.807, 2.05) is 48.5 Å². The molecule has 0 fully saturated rings. The summed E-state index contributed by atoms with van der Waals surface area (Å²) in [7, 11) is 0. The van der Waals surface area contributed by atoms with Gasteiger partial charge in [-0.1, -0.05) is 0 Å². The van der Waals surface area contributed by atoms with Crippen LogP contribution in [0.25, 0.3) is 0 Å². The van der Waals surface area contributed by atoms with E-state index in [-0.39, 0.29) is 16.6 Å². The van der Waals surface area contributed by atoms with Gasteiger partial charge < -0.3 is 5.73 Å². The lowest BCUT2D eigenvalue weighted by molar-refractivity contribution is 0.288. The molecule has 0 saturated carbocycles. The topological polar surface area (TPSA) is 50.7 Å². The van der Waals surface area contributed by atoms with Gasteiger partial charge in [0.15, 0.2) is 0 Å². The van der Waals surface area contributed by atoms with Crippen molar-refractivity contribution in [3.8, 4) is 0 Å². The van der Waals surface area contributed by atoms with Crippen molar-refractivity contribution in [2.24, 2.45) is 16.0 Å². The van der Waals surface area contributed by atoms with E-state index in [0.29, 0.717) is 0 Å². The highest BCUT2D eigenvalue weighted by Gasteiger charge is 2.33. The summed E-state index contributed by atoms with van der Waals surface area (Å²) in [6.45, 7) is 14.0. The van der Waals surface area contributed by atoms with Crippen molar-refractivity contribution < 1.29 is 0 Å². The largest absolute Gasteiger partial charge is 0.323 e. The van der Waals surface area contributed by atoms with Crippen molar-refractivity contribution in [2.75, 3.05) is 0 Å². The summed E-state index contributed by atoms with van der Waals surface area (Å²) in [5.41, 5.74) is 5.20. The summed E-state index contributed by atoms with van der Waals surface area (Å²) in [5.74, 6) is 0. The first-order valence-electron chi connectivity index (χ1n) is 4.69. The average Bonchev–Trinajstić information content (AvgIpc) is 1.79. The molecule has 3 heteroatoms. The molecule has 0 aromatic rings. The van der Waals surface area contributed by atoms with Crippen LogP contribution in [-0.2, 0) is 0 Å². The van der Waals surface area contributed by atoms with E-state index >= 15 is 0 Å². The Hall–Kier alpha value is -0.440. The zero-order chi connectivity index (χ0) is 10.9. The number of hydrogen-bond donors (Lipinski definition) is 1. The maximum atomic E-state index is 5.99. The second kappa shape index (κ2) is 3.37. The number of nitrogens with two attached hydrogens (primary N) is 1. The van der Waals surface area contributed by atoms with Crippen molar-refractivity contribution >= 4 is 0 Å². The van der Waals surface area contributed by atoms with Crippen LogP contribution in [0.3, 0.4) is 0 Å². The summed E-state index contributed by atoms with van der Waals surface area (Å²) in [4.78, 5) is 0. The van der Waals surface area contributed by atoms with Crippen molar-refractivity contribution in [2.45, 2.75) is 65.1 Å². The Kier molecular flexibility index (Phi) is 3.26. The molecule has 0 bridgehead atoms. The molecule has 0 aromatic heterocycles. The molecule has 0 spiro atoms. The Morgan fingerprint density at radius 2 is 1.15 bits per heavy atom. The van der Waals surface area contributed by atoms with E-state index in [9.17, 15) is 0 Å². The molecule has 3 nitrogen and oxygen atoms in total. The van der Waals surface area contributed by atoms with Gasteiger partial charge in [-0.05, 0) is 48.5 Å². The van der Waals surface area contributed by atoms with Crippen molar-refractivity contribution in [3.05, 3.63) is 0 Å². The first-order chi connectivity index (χ1) is 5.46. The molecule has 0 aliphatic rings. The van der Waals surface area contributed by atoms with Crippen molar-refractivity contribution in [1.29, 1.82) is 0 Å². The number of azo groups is 1. The Bertz CT molecular complexity index is 191. The third-order valence-electron chi connectivity index (χ3n) is 2.18. The van der Waals surface area contributed by atoms with Gasteiger partial charge in [-0.2, -0.15) is 10.2 Å². The third kappa shape index (κ3) is 4.36. The predicted octanol–water partition coefficient (Wildman–Crippen LogP) is 2.75. The molecule has 0 aromatic carbocycles. The van der Waals surface area contributed by atoms with Gasteiger partial charge in [0.25, 0.3) is 0 Å². The Balaban J connectivity index is 4.62. The molecule has 0 aliphatic carbocycles. The quantitative estimate of drug-likeness (QED) is 0.661. The fraction of sp³-hybridized carbons (Fsp3) is 1.00. The van der Waals surface area contributed by atoms with E-state index in [4.69, 9.17) is 5.73 Å². The standard InChI is InChI=1S/C10H23N3/c1-8(2,3)12-13-10(6,7)9(4,5)11/h11H2,1-7H3. The summed E-state index contributed by atoms with van der Waals surface area (Å²) in [5, 5.41) is 8.54. The van der Waals surface area contributed by atoms with E-state index < -0.39 is 0 Å². The zero-order valence-corrected chi connectivity index (χ0v) is 9.97. The van der Waals surface area contributed by atoms with Crippen LogP contribution in [0.4, 0.5) is 0 Å². The summed E-state index contributed by atoms with van der Waals surface area (Å²) < 4.78 is 0. The molecule has 0 unspecified atom stereocenters. The minimum absolute atomic E-state index is 0.122. The first-order valence-corrected chi connectivity index (χ1v) is 4.69. The molecule has 0 amide bonds. The fourth-order valence-electron chi connectivity index (χ4n) is 0.404. The highest BCUT2D eigenvalue weighted by atomic mass is 15.2. The summed E-state index contributed by atoms with van der Waals surface area (Å²) >= 11 is 0. The number of rotatable bonds is 2. The van der Waals surface area contributed by atoms with Crippen molar-refractivity contribution in [3.63, 3.8) is 0 Å². The van der Waals surface area contributed by atoms with Crippen molar-refractivity contribution in [1.82, 2.24) is 0 Å². The molecular formula is C10H23N3. The van der Waals surface area contributed by atoms with E-state index in [2.05, 4.69) is 10.2 Å². The molecule has 13 heavy (non-hydrogen) atoms. The van der Waals surface area contributed by atoms with Gasteiger partial charge in [0, 0.05) is 5.54 Å². The second-order valence-electron chi connectivity index (χ2n) is 5.65. The minimum Gasteiger partial charge on any atom is -0.323 e. The predicted molar refractivity (Wildman–Crippen MR) is 57.0 cm³/mol. The molecule has 0 atom stereocenters. The van der Waals surface area contributed by atoms with Gasteiger partial charge in [-0.15, -0.1) is 0 Å². The first kappa shape index (κ1) is 12.6. The summed E-state index contributed by atoms with van der Waals surface area (Å²) in [6, 6.07) is 0. The van der Waals surface area contributed by atoms with Gasteiger partial charge >= 0.3 is 0 Å². The van der Waals surface area contributed by atoms with Crippen LogP contribution < -0.4 is 5.73 Å². The molecule has 0 aliphatic heterocycles. The van der Waals surface area contributed by atoms with E-state index in [1.54, 1.807) is 0 Å². The second-order valence-corrected chi connectivity index (χ2v) is 5.65. The monoisotopic (exact) mass is 185 g/mol. The molecule has 0 heterocycles. The fourth-order valence-corrected chi connectivity index (χ4v) is 0.404.